The Kier molecular flexibility index (Phi) is 7.16. The van der Waals surface area contributed by atoms with E-state index in [2.05, 4.69) is 10.6 Å². The van der Waals surface area contributed by atoms with E-state index >= 15 is 0 Å². The lowest BCUT2D eigenvalue weighted by molar-refractivity contribution is -0.119. The molecule has 21 heavy (non-hydrogen) atoms. The molecule has 0 bridgehead atoms. The van der Waals surface area contributed by atoms with Crippen LogP contribution in [0, 0.1) is 5.41 Å². The van der Waals surface area contributed by atoms with Gasteiger partial charge in [0.2, 0.25) is 5.91 Å². The van der Waals surface area contributed by atoms with Crippen molar-refractivity contribution in [1.29, 1.82) is 0 Å². The highest BCUT2D eigenvalue weighted by atomic mass is 35.5. The van der Waals surface area contributed by atoms with E-state index in [1.807, 2.05) is 20.8 Å². The van der Waals surface area contributed by atoms with Crippen molar-refractivity contribution in [2.45, 2.75) is 26.8 Å². The molecule has 0 saturated heterocycles. The van der Waals surface area contributed by atoms with Crippen molar-refractivity contribution in [3.8, 4) is 0 Å². The molecule has 0 aliphatic carbocycles. The van der Waals surface area contributed by atoms with Crippen LogP contribution in [0.25, 0.3) is 0 Å². The average Bonchev–Trinajstić information content (AvgIpc) is 2.38. The van der Waals surface area contributed by atoms with E-state index in [0.29, 0.717) is 16.3 Å². The molecule has 2 amide bonds. The van der Waals surface area contributed by atoms with Gasteiger partial charge in [0.05, 0.1) is 16.6 Å². The molecule has 4 N–H and O–H groups in total. The lowest BCUT2D eigenvalue weighted by Crippen LogP contribution is -2.45. The van der Waals surface area contributed by atoms with Gasteiger partial charge in [-0.2, -0.15) is 0 Å². The average molecular weight is 334 g/mol. The lowest BCUT2D eigenvalue weighted by Gasteiger charge is -2.25. The fourth-order valence-electron chi connectivity index (χ4n) is 1.52. The van der Waals surface area contributed by atoms with E-state index in [0.717, 1.165) is 0 Å². The highest BCUT2D eigenvalue weighted by molar-refractivity contribution is 6.34. The summed E-state index contributed by atoms with van der Waals surface area (Å²) in [5.74, 6) is -0.617. The maximum atomic E-state index is 12.0. The third-order valence-corrected chi connectivity index (χ3v) is 3.25. The third kappa shape index (κ3) is 5.19. The van der Waals surface area contributed by atoms with Crippen molar-refractivity contribution < 1.29 is 9.59 Å². The fraction of sp³-hybridized carbons (Fsp3) is 0.429. The number of nitrogens with one attached hydrogen (secondary N) is 2. The zero-order chi connectivity index (χ0) is 15.5. The molecule has 1 rings (SSSR count). The van der Waals surface area contributed by atoms with Crippen LogP contribution in [-0.4, -0.2) is 24.9 Å². The first kappa shape index (κ1) is 19.7. The molecule has 0 fully saturated rings. The maximum absolute atomic E-state index is 12.0. The van der Waals surface area contributed by atoms with Crippen molar-refractivity contribution in [1.82, 2.24) is 5.32 Å². The molecule has 1 atom stereocenters. The molecular formula is C14H21Cl2N3O2. The van der Waals surface area contributed by atoms with Gasteiger partial charge in [0.15, 0.2) is 0 Å². The smallest absolute Gasteiger partial charge is 0.252 e. The largest absolute Gasteiger partial charge is 0.355 e. The number of carbonyl (C=O) groups excluding carboxylic acids is 2. The van der Waals surface area contributed by atoms with Crippen LogP contribution < -0.4 is 16.4 Å². The van der Waals surface area contributed by atoms with Gasteiger partial charge >= 0.3 is 0 Å². The minimum atomic E-state index is -0.651. The van der Waals surface area contributed by atoms with Crippen molar-refractivity contribution in [2.75, 3.05) is 12.4 Å². The van der Waals surface area contributed by atoms with Gasteiger partial charge in [0.1, 0.15) is 0 Å². The molecule has 0 aliphatic heterocycles. The van der Waals surface area contributed by atoms with Gasteiger partial charge in [-0.3, -0.25) is 9.59 Å². The molecule has 0 radical (unpaired) electrons. The number of carbonyl (C=O) groups is 2. The second-order valence-electron chi connectivity index (χ2n) is 5.61. The summed E-state index contributed by atoms with van der Waals surface area (Å²) in [4.78, 5) is 23.7. The van der Waals surface area contributed by atoms with Crippen LogP contribution in [-0.2, 0) is 4.79 Å². The van der Waals surface area contributed by atoms with Crippen LogP contribution in [0.2, 0.25) is 5.02 Å². The van der Waals surface area contributed by atoms with Crippen molar-refractivity contribution in [2.24, 2.45) is 11.1 Å². The summed E-state index contributed by atoms with van der Waals surface area (Å²) in [6.07, 6.45) is 0. The summed E-state index contributed by atoms with van der Waals surface area (Å²) in [5, 5.41) is 5.50. The third-order valence-electron chi connectivity index (χ3n) is 2.92. The number of hydrogen-bond acceptors (Lipinski definition) is 3. The predicted molar refractivity (Wildman–Crippen MR) is 88.2 cm³/mol. The molecule has 0 spiro atoms. The number of amides is 2. The van der Waals surface area contributed by atoms with Gasteiger partial charge in [-0.05, 0) is 23.6 Å². The van der Waals surface area contributed by atoms with Crippen LogP contribution in [0.15, 0.2) is 18.2 Å². The molecule has 0 unspecified atom stereocenters. The molecule has 0 saturated carbocycles. The molecule has 1 aromatic carbocycles. The Morgan fingerprint density at radius 3 is 2.33 bits per heavy atom. The molecule has 0 aliphatic rings. The molecular weight excluding hydrogens is 313 g/mol. The highest BCUT2D eigenvalue weighted by Crippen LogP contribution is 2.22. The van der Waals surface area contributed by atoms with E-state index < -0.39 is 6.04 Å². The molecule has 0 aromatic heterocycles. The summed E-state index contributed by atoms with van der Waals surface area (Å²) in [6.45, 7) is 5.65. The van der Waals surface area contributed by atoms with Crippen LogP contribution in [0.3, 0.4) is 0 Å². The normalized spacial score (nSPS) is 12.1. The van der Waals surface area contributed by atoms with Gasteiger partial charge in [0, 0.05) is 12.7 Å². The molecule has 5 nitrogen and oxygen atoms in total. The van der Waals surface area contributed by atoms with Gasteiger partial charge in [-0.1, -0.05) is 32.4 Å². The quantitative estimate of drug-likeness (QED) is 0.794. The van der Waals surface area contributed by atoms with Crippen LogP contribution in [0.1, 0.15) is 31.1 Å². The lowest BCUT2D eigenvalue weighted by atomic mass is 9.87. The standard InChI is InChI=1S/C14H20ClN3O2.ClH/c1-14(2,3)11(16)13(20)18-8-5-6-10(15)9(7-8)12(19)17-4;/h5-7,11H,16H2,1-4H3,(H,17,19)(H,18,20);1H/t11-;/m1./s1. The highest BCUT2D eigenvalue weighted by Gasteiger charge is 2.27. The van der Waals surface area contributed by atoms with Crippen LogP contribution >= 0.6 is 24.0 Å². The molecule has 118 valence electrons. The Morgan fingerprint density at radius 2 is 1.86 bits per heavy atom. The van der Waals surface area contributed by atoms with E-state index in [-0.39, 0.29) is 29.6 Å². The zero-order valence-corrected chi connectivity index (χ0v) is 14.1. The Balaban J connectivity index is 0.00000400. The summed E-state index contributed by atoms with van der Waals surface area (Å²) < 4.78 is 0. The molecule has 0 heterocycles. The first-order valence-electron chi connectivity index (χ1n) is 6.25. The topological polar surface area (TPSA) is 84.2 Å². The van der Waals surface area contributed by atoms with Gasteiger partial charge in [-0.15, -0.1) is 12.4 Å². The number of anilines is 1. The Hall–Kier alpha value is -1.30. The maximum Gasteiger partial charge on any atom is 0.252 e. The number of nitrogens with two attached hydrogens (primary N) is 1. The zero-order valence-electron chi connectivity index (χ0n) is 12.5. The second-order valence-corrected chi connectivity index (χ2v) is 6.01. The Bertz CT molecular complexity index is 527. The minimum absolute atomic E-state index is 0. The number of benzene rings is 1. The van der Waals surface area contributed by atoms with Crippen molar-refractivity contribution >= 4 is 41.5 Å². The first-order valence-corrected chi connectivity index (χ1v) is 6.62. The van der Waals surface area contributed by atoms with Crippen molar-refractivity contribution in [3.63, 3.8) is 0 Å². The fourth-order valence-corrected chi connectivity index (χ4v) is 1.73. The van der Waals surface area contributed by atoms with E-state index in [9.17, 15) is 9.59 Å². The first-order chi connectivity index (χ1) is 9.16. The number of halogens is 2. The van der Waals surface area contributed by atoms with Crippen LogP contribution in [0.4, 0.5) is 5.69 Å². The minimum Gasteiger partial charge on any atom is -0.355 e. The summed E-state index contributed by atoms with van der Waals surface area (Å²) in [7, 11) is 1.51. The summed E-state index contributed by atoms with van der Waals surface area (Å²) in [6, 6.07) is 4.06. The van der Waals surface area contributed by atoms with Crippen LogP contribution in [0.5, 0.6) is 0 Å². The van der Waals surface area contributed by atoms with E-state index in [4.69, 9.17) is 17.3 Å². The summed E-state index contributed by atoms with van der Waals surface area (Å²) in [5.41, 5.74) is 6.32. The Morgan fingerprint density at radius 1 is 1.29 bits per heavy atom. The summed E-state index contributed by atoms with van der Waals surface area (Å²) >= 11 is 5.94. The van der Waals surface area contributed by atoms with Gasteiger partial charge < -0.3 is 16.4 Å². The van der Waals surface area contributed by atoms with E-state index in [1.165, 1.54) is 13.1 Å². The monoisotopic (exact) mass is 333 g/mol. The number of hydrogen-bond donors (Lipinski definition) is 3. The van der Waals surface area contributed by atoms with E-state index in [1.54, 1.807) is 12.1 Å². The van der Waals surface area contributed by atoms with Gasteiger partial charge in [-0.25, -0.2) is 0 Å². The molecule has 7 heteroatoms. The number of rotatable bonds is 3. The SMILES string of the molecule is CNC(=O)c1cc(NC(=O)[C@@H](N)C(C)(C)C)ccc1Cl.Cl. The van der Waals surface area contributed by atoms with Gasteiger partial charge in [0.25, 0.3) is 5.91 Å². The predicted octanol–water partition coefficient (Wildman–Crippen LogP) is 2.43. The second kappa shape index (κ2) is 7.64. The molecule has 1 aromatic rings. The van der Waals surface area contributed by atoms with Crippen molar-refractivity contribution in [3.05, 3.63) is 28.8 Å². The Labute approximate surface area is 136 Å².